The summed E-state index contributed by atoms with van der Waals surface area (Å²) < 4.78 is 27.9. The van der Waals surface area contributed by atoms with E-state index < -0.39 is 27.8 Å². The van der Waals surface area contributed by atoms with Gasteiger partial charge in [-0.3, -0.25) is 9.59 Å². The zero-order valence-corrected chi connectivity index (χ0v) is 22.5. The van der Waals surface area contributed by atoms with Crippen LogP contribution in [-0.2, 0) is 26.0 Å². The highest BCUT2D eigenvalue weighted by Crippen LogP contribution is 2.39. The molecule has 0 aromatic heterocycles. The van der Waals surface area contributed by atoms with Gasteiger partial charge in [-0.05, 0) is 56.6 Å². The maximum atomic E-state index is 13.3. The molecule has 0 aliphatic carbocycles. The van der Waals surface area contributed by atoms with E-state index in [9.17, 15) is 23.1 Å². The number of piperidine rings is 1. The van der Waals surface area contributed by atoms with Crippen LogP contribution in [0.5, 0.6) is 0 Å². The zero-order valence-electron chi connectivity index (χ0n) is 21.7. The van der Waals surface area contributed by atoms with Gasteiger partial charge in [0.05, 0.1) is 16.5 Å². The molecular weight excluding hydrogens is 490 g/mol. The molecule has 0 saturated carbocycles. The Morgan fingerprint density at radius 2 is 1.70 bits per heavy atom. The summed E-state index contributed by atoms with van der Waals surface area (Å²) in [5.41, 5.74) is 2.00. The Morgan fingerprint density at radius 3 is 2.32 bits per heavy atom. The number of carbonyl (C=O) groups is 2. The molecule has 2 saturated heterocycles. The number of hydrogen-bond acceptors (Lipinski definition) is 6. The molecule has 2 aliphatic heterocycles. The molecule has 2 aromatic rings. The number of nitrogens with zero attached hydrogens (tertiary/aromatic N) is 3. The van der Waals surface area contributed by atoms with Crippen LogP contribution in [0.4, 0.5) is 0 Å². The first kappa shape index (κ1) is 27.0. The molecule has 2 aromatic carbocycles. The van der Waals surface area contributed by atoms with Gasteiger partial charge in [0.1, 0.15) is 5.76 Å². The number of sulfonamides is 1. The smallest absolute Gasteiger partial charge is 0.295 e. The van der Waals surface area contributed by atoms with Crippen LogP contribution in [0.2, 0.25) is 0 Å². The summed E-state index contributed by atoms with van der Waals surface area (Å²) in [4.78, 5) is 29.8. The van der Waals surface area contributed by atoms with Gasteiger partial charge in [-0.25, -0.2) is 8.42 Å². The van der Waals surface area contributed by atoms with E-state index in [0.717, 1.165) is 31.2 Å². The van der Waals surface area contributed by atoms with Gasteiger partial charge in [0.25, 0.3) is 11.7 Å². The van der Waals surface area contributed by atoms with Crippen LogP contribution in [0.3, 0.4) is 0 Å². The van der Waals surface area contributed by atoms with Gasteiger partial charge in [-0.15, -0.1) is 0 Å². The second kappa shape index (κ2) is 11.2. The number of ketones is 1. The predicted octanol–water partition coefficient (Wildman–Crippen LogP) is 3.41. The number of likely N-dealkylation sites (N-methyl/N-ethyl adjacent to an activating group) is 1. The van der Waals surface area contributed by atoms with Crippen molar-refractivity contribution in [3.63, 3.8) is 0 Å². The molecule has 9 heteroatoms. The van der Waals surface area contributed by atoms with Crippen LogP contribution >= 0.6 is 0 Å². The molecule has 1 amide bonds. The van der Waals surface area contributed by atoms with Gasteiger partial charge in [0.15, 0.2) is 0 Å². The third-order valence-electron chi connectivity index (χ3n) is 7.09. The Balaban J connectivity index is 1.79. The van der Waals surface area contributed by atoms with Crippen molar-refractivity contribution in [1.29, 1.82) is 0 Å². The zero-order chi connectivity index (χ0) is 26.7. The topological polar surface area (TPSA) is 98.2 Å². The normalized spacial score (nSPS) is 20.6. The Labute approximate surface area is 219 Å². The van der Waals surface area contributed by atoms with Gasteiger partial charge < -0.3 is 14.9 Å². The van der Waals surface area contributed by atoms with Gasteiger partial charge in [-0.2, -0.15) is 4.31 Å². The Morgan fingerprint density at radius 1 is 1.03 bits per heavy atom. The largest absolute Gasteiger partial charge is 0.507 e. The highest BCUT2D eigenvalue weighted by Gasteiger charge is 2.46. The lowest BCUT2D eigenvalue weighted by Crippen LogP contribution is -2.35. The number of likely N-dealkylation sites (tertiary alicyclic amines) is 1. The van der Waals surface area contributed by atoms with E-state index in [4.69, 9.17) is 0 Å². The van der Waals surface area contributed by atoms with Crippen LogP contribution in [-0.4, -0.2) is 79.6 Å². The van der Waals surface area contributed by atoms with E-state index in [-0.39, 0.29) is 21.8 Å². The molecule has 2 aliphatic rings. The lowest BCUT2D eigenvalue weighted by molar-refractivity contribution is -0.140. The minimum Gasteiger partial charge on any atom is -0.507 e. The summed E-state index contributed by atoms with van der Waals surface area (Å²) in [6.45, 7) is 3.81. The highest BCUT2D eigenvalue weighted by molar-refractivity contribution is 7.89. The van der Waals surface area contributed by atoms with E-state index in [1.165, 1.54) is 21.3 Å². The monoisotopic (exact) mass is 525 g/mol. The summed E-state index contributed by atoms with van der Waals surface area (Å²) in [6, 6.07) is 12.9. The highest BCUT2D eigenvalue weighted by atomic mass is 32.2. The van der Waals surface area contributed by atoms with Gasteiger partial charge in [0.2, 0.25) is 10.0 Å². The van der Waals surface area contributed by atoms with Crippen LogP contribution in [0.15, 0.2) is 59.0 Å². The van der Waals surface area contributed by atoms with Gasteiger partial charge in [0, 0.05) is 31.7 Å². The molecule has 8 nitrogen and oxygen atoms in total. The van der Waals surface area contributed by atoms with E-state index in [1.807, 2.05) is 50.2 Å². The van der Waals surface area contributed by atoms with Crippen LogP contribution in [0.25, 0.3) is 5.76 Å². The molecule has 0 bridgehead atoms. The second-order valence-electron chi connectivity index (χ2n) is 9.88. The quantitative estimate of drug-likeness (QED) is 0.322. The summed E-state index contributed by atoms with van der Waals surface area (Å²) in [7, 11) is 0.0333. The van der Waals surface area contributed by atoms with Gasteiger partial charge >= 0.3 is 0 Å². The number of amides is 1. The number of benzene rings is 2. The summed E-state index contributed by atoms with van der Waals surface area (Å²) >= 11 is 0. The molecule has 1 atom stereocenters. The van der Waals surface area contributed by atoms with Crippen molar-refractivity contribution in [2.45, 2.75) is 43.5 Å². The fourth-order valence-electron chi connectivity index (χ4n) is 4.91. The standard InChI is InChI=1S/C28H35N3O5S/c1-4-20-11-13-21(14-12-20)25-24(27(33)28(34)31(25)18-17-29(2)3)26(32)22-9-8-10-23(19-22)37(35,36)30-15-6-5-7-16-30/h8-14,19,25,32H,4-7,15-18H2,1-3H3/t25-/m1/s1. The molecule has 0 spiro atoms. The predicted molar refractivity (Wildman–Crippen MR) is 142 cm³/mol. The van der Waals surface area contributed by atoms with Crippen molar-refractivity contribution in [2.75, 3.05) is 40.3 Å². The number of aliphatic hydroxyl groups excluding tert-OH is 1. The van der Waals surface area contributed by atoms with E-state index >= 15 is 0 Å². The van der Waals surface area contributed by atoms with Crippen molar-refractivity contribution < 1.29 is 23.1 Å². The average Bonchev–Trinajstić information content (AvgIpc) is 3.17. The fraction of sp³-hybridized carbons (Fsp3) is 0.429. The molecule has 2 fully saturated rings. The van der Waals surface area contributed by atoms with Gasteiger partial charge in [-0.1, -0.05) is 49.7 Å². The molecule has 4 rings (SSSR count). The number of aliphatic hydroxyl groups is 1. The van der Waals surface area contributed by atoms with Crippen LogP contribution < -0.4 is 0 Å². The molecule has 1 N–H and O–H groups in total. The molecule has 198 valence electrons. The summed E-state index contributed by atoms with van der Waals surface area (Å²) in [5, 5.41) is 11.4. The number of aryl methyl sites for hydroxylation is 1. The van der Waals surface area contributed by atoms with Crippen molar-refractivity contribution in [3.05, 3.63) is 70.8 Å². The van der Waals surface area contributed by atoms with Crippen LogP contribution in [0.1, 0.15) is 48.9 Å². The fourth-order valence-corrected chi connectivity index (χ4v) is 6.48. The lowest BCUT2D eigenvalue weighted by atomic mass is 9.94. The van der Waals surface area contributed by atoms with E-state index in [1.54, 1.807) is 12.1 Å². The third-order valence-corrected chi connectivity index (χ3v) is 8.99. The molecule has 0 unspecified atom stereocenters. The second-order valence-corrected chi connectivity index (χ2v) is 11.8. The minimum atomic E-state index is -3.74. The Kier molecular flexibility index (Phi) is 8.16. The van der Waals surface area contributed by atoms with Crippen molar-refractivity contribution in [3.8, 4) is 0 Å². The van der Waals surface area contributed by atoms with Crippen molar-refractivity contribution in [1.82, 2.24) is 14.1 Å². The Hall–Kier alpha value is -3.01. The molecular formula is C28H35N3O5S. The number of carbonyl (C=O) groups excluding carboxylic acids is 2. The Bertz CT molecular complexity index is 1300. The number of Topliss-reactive ketones (excluding diaryl/α,β-unsaturated/α-hetero) is 1. The average molecular weight is 526 g/mol. The van der Waals surface area contributed by atoms with Crippen molar-refractivity contribution >= 4 is 27.5 Å². The molecule has 2 heterocycles. The number of rotatable bonds is 8. The van der Waals surface area contributed by atoms with E-state index in [2.05, 4.69) is 0 Å². The summed E-state index contributed by atoms with van der Waals surface area (Å²) in [5.74, 6) is -1.82. The van der Waals surface area contributed by atoms with Crippen molar-refractivity contribution in [2.24, 2.45) is 0 Å². The van der Waals surface area contributed by atoms with Crippen LogP contribution in [0, 0.1) is 0 Å². The first-order valence-corrected chi connectivity index (χ1v) is 14.2. The number of hydrogen-bond donors (Lipinski definition) is 1. The molecule has 0 radical (unpaired) electrons. The maximum absolute atomic E-state index is 13.3. The SMILES string of the molecule is CCc1ccc([C@@H]2C(=C(O)c3cccc(S(=O)(=O)N4CCCCC4)c3)C(=O)C(=O)N2CCN(C)C)cc1. The lowest BCUT2D eigenvalue weighted by Gasteiger charge is -2.27. The first-order chi connectivity index (χ1) is 17.6. The first-order valence-electron chi connectivity index (χ1n) is 12.8. The minimum absolute atomic E-state index is 0.0273. The molecule has 37 heavy (non-hydrogen) atoms. The summed E-state index contributed by atoms with van der Waals surface area (Å²) in [6.07, 6.45) is 3.47. The van der Waals surface area contributed by atoms with E-state index in [0.29, 0.717) is 31.7 Å². The third kappa shape index (κ3) is 5.49. The maximum Gasteiger partial charge on any atom is 0.295 e.